The van der Waals surface area contributed by atoms with Gasteiger partial charge in [-0.05, 0) is 12.8 Å². The van der Waals surface area contributed by atoms with Crippen molar-refractivity contribution < 1.29 is 19.4 Å². The second-order valence-electron chi connectivity index (χ2n) is 3.49. The van der Waals surface area contributed by atoms with Gasteiger partial charge in [-0.2, -0.15) is 0 Å². The molecular weight excluding hydrogens is 198 g/mol. The predicted molar refractivity (Wildman–Crippen MR) is 55.3 cm³/mol. The van der Waals surface area contributed by atoms with Gasteiger partial charge in [0, 0.05) is 13.0 Å². The minimum absolute atomic E-state index is 0.254. The number of unbranched alkanes of at least 4 members (excludes halogenated alkanes) is 1. The Balaban J connectivity index is 3.38. The average molecular weight is 217 g/mol. The number of ether oxygens (including phenoxy) is 1. The first-order valence-electron chi connectivity index (χ1n) is 5.16. The third kappa shape index (κ3) is 7.93. The number of nitrogens with two attached hydrogens (primary N) is 1. The van der Waals surface area contributed by atoms with Gasteiger partial charge in [0.25, 0.3) is 0 Å². The second kappa shape index (κ2) is 8.23. The van der Waals surface area contributed by atoms with Gasteiger partial charge in [0.1, 0.15) is 6.61 Å². The van der Waals surface area contributed by atoms with Crippen LogP contribution in [0.2, 0.25) is 0 Å². The summed E-state index contributed by atoms with van der Waals surface area (Å²) >= 11 is 0. The number of carbonyl (C=O) groups is 2. The number of rotatable bonds is 8. The maximum absolute atomic E-state index is 11.0. The Hall–Kier alpha value is -1.10. The van der Waals surface area contributed by atoms with Crippen molar-refractivity contribution in [2.45, 2.75) is 32.6 Å². The molecule has 5 nitrogen and oxygen atoms in total. The highest BCUT2D eigenvalue weighted by atomic mass is 16.5. The van der Waals surface area contributed by atoms with Crippen LogP contribution in [0.4, 0.5) is 0 Å². The largest absolute Gasteiger partial charge is 0.481 e. The van der Waals surface area contributed by atoms with Crippen LogP contribution in [0.1, 0.15) is 32.6 Å². The van der Waals surface area contributed by atoms with Crippen LogP contribution in [0.15, 0.2) is 0 Å². The van der Waals surface area contributed by atoms with Crippen molar-refractivity contribution >= 4 is 11.9 Å². The monoisotopic (exact) mass is 217 g/mol. The molecule has 0 aliphatic rings. The molecule has 0 rings (SSSR count). The average Bonchev–Trinajstić information content (AvgIpc) is 2.20. The van der Waals surface area contributed by atoms with Gasteiger partial charge in [-0.15, -0.1) is 0 Å². The Labute approximate surface area is 89.6 Å². The van der Waals surface area contributed by atoms with Crippen molar-refractivity contribution in [1.82, 2.24) is 0 Å². The van der Waals surface area contributed by atoms with E-state index in [0.717, 1.165) is 6.42 Å². The lowest BCUT2D eigenvalue weighted by molar-refractivity contribution is -0.143. The van der Waals surface area contributed by atoms with Crippen molar-refractivity contribution in [3.05, 3.63) is 0 Å². The van der Waals surface area contributed by atoms with E-state index in [4.69, 9.17) is 15.6 Å². The molecule has 0 bridgehead atoms. The molecule has 1 atom stereocenters. The van der Waals surface area contributed by atoms with Gasteiger partial charge < -0.3 is 15.6 Å². The Bertz CT molecular complexity index is 206. The summed E-state index contributed by atoms with van der Waals surface area (Å²) in [5, 5.41) is 8.60. The third-order valence-corrected chi connectivity index (χ3v) is 2.07. The number of hydrogen-bond donors (Lipinski definition) is 2. The summed E-state index contributed by atoms with van der Waals surface area (Å²) in [4.78, 5) is 21.4. The summed E-state index contributed by atoms with van der Waals surface area (Å²) in [6.07, 6.45) is 2.33. The maximum Gasteiger partial charge on any atom is 0.306 e. The molecule has 0 fully saturated rings. The molecule has 0 spiro atoms. The summed E-state index contributed by atoms with van der Waals surface area (Å²) in [5.74, 6) is -1.39. The van der Waals surface area contributed by atoms with E-state index >= 15 is 0 Å². The first kappa shape index (κ1) is 13.9. The van der Waals surface area contributed by atoms with Gasteiger partial charge in [0.2, 0.25) is 0 Å². The number of carboxylic acid groups (broad SMARTS) is 1. The van der Waals surface area contributed by atoms with E-state index in [1.807, 2.05) is 0 Å². The van der Waals surface area contributed by atoms with Crippen LogP contribution in [0.25, 0.3) is 0 Å². The Kier molecular flexibility index (Phi) is 7.62. The predicted octanol–water partition coefficient (Wildman–Crippen LogP) is 0.769. The second-order valence-corrected chi connectivity index (χ2v) is 3.49. The highest BCUT2D eigenvalue weighted by molar-refractivity contribution is 5.70. The molecule has 0 radical (unpaired) electrons. The van der Waals surface area contributed by atoms with Gasteiger partial charge in [-0.1, -0.05) is 13.3 Å². The summed E-state index contributed by atoms with van der Waals surface area (Å²) in [6, 6.07) is 0. The van der Waals surface area contributed by atoms with E-state index in [0.29, 0.717) is 25.8 Å². The zero-order valence-electron chi connectivity index (χ0n) is 9.07. The minimum atomic E-state index is -0.791. The Morgan fingerprint density at radius 3 is 2.60 bits per heavy atom. The molecule has 0 saturated carbocycles. The number of aliphatic carboxylic acids is 1. The molecule has 0 aromatic heterocycles. The topological polar surface area (TPSA) is 89.6 Å². The molecule has 0 aliphatic heterocycles. The van der Waals surface area contributed by atoms with Crippen LogP contribution in [0.5, 0.6) is 0 Å². The molecule has 3 N–H and O–H groups in total. The molecule has 0 amide bonds. The SMILES string of the molecule is CC(CCCCC(=O)OCCN)C(=O)O. The van der Waals surface area contributed by atoms with Crippen molar-refractivity contribution in [1.29, 1.82) is 0 Å². The third-order valence-electron chi connectivity index (χ3n) is 2.07. The van der Waals surface area contributed by atoms with Crippen molar-refractivity contribution in [2.75, 3.05) is 13.2 Å². The normalized spacial score (nSPS) is 12.1. The molecule has 0 aromatic carbocycles. The van der Waals surface area contributed by atoms with Crippen molar-refractivity contribution in [2.24, 2.45) is 11.7 Å². The lowest BCUT2D eigenvalue weighted by Gasteiger charge is -2.05. The summed E-state index contributed by atoms with van der Waals surface area (Å²) in [7, 11) is 0. The fourth-order valence-electron chi connectivity index (χ4n) is 1.09. The maximum atomic E-state index is 11.0. The molecule has 0 aromatic rings. The molecular formula is C10H19NO4. The molecule has 15 heavy (non-hydrogen) atoms. The molecule has 5 heteroatoms. The number of carbonyl (C=O) groups excluding carboxylic acids is 1. The van der Waals surface area contributed by atoms with Crippen molar-refractivity contribution in [3.8, 4) is 0 Å². The van der Waals surface area contributed by atoms with E-state index in [2.05, 4.69) is 0 Å². The summed E-state index contributed by atoms with van der Waals surface area (Å²) in [6.45, 7) is 2.25. The van der Waals surface area contributed by atoms with Gasteiger partial charge in [-0.3, -0.25) is 9.59 Å². The fourth-order valence-corrected chi connectivity index (χ4v) is 1.09. The molecule has 0 saturated heterocycles. The zero-order chi connectivity index (χ0) is 11.7. The van der Waals surface area contributed by atoms with E-state index in [1.165, 1.54) is 0 Å². The van der Waals surface area contributed by atoms with Crippen molar-refractivity contribution in [3.63, 3.8) is 0 Å². The molecule has 0 aliphatic carbocycles. The van der Waals surface area contributed by atoms with Gasteiger partial charge in [0.15, 0.2) is 0 Å². The van der Waals surface area contributed by atoms with Gasteiger partial charge >= 0.3 is 11.9 Å². The van der Waals surface area contributed by atoms with E-state index in [-0.39, 0.29) is 18.5 Å². The molecule has 88 valence electrons. The summed E-state index contributed by atoms with van der Waals surface area (Å²) < 4.78 is 4.77. The van der Waals surface area contributed by atoms with Crippen LogP contribution < -0.4 is 5.73 Å². The Morgan fingerprint density at radius 2 is 2.07 bits per heavy atom. The zero-order valence-corrected chi connectivity index (χ0v) is 9.07. The molecule has 0 heterocycles. The number of carboxylic acids is 1. The van der Waals surface area contributed by atoms with Crippen LogP contribution in [-0.2, 0) is 14.3 Å². The Morgan fingerprint density at radius 1 is 1.40 bits per heavy atom. The highest BCUT2D eigenvalue weighted by Crippen LogP contribution is 2.09. The van der Waals surface area contributed by atoms with Crippen LogP contribution in [0.3, 0.4) is 0 Å². The first-order chi connectivity index (χ1) is 7.07. The fraction of sp³-hybridized carbons (Fsp3) is 0.800. The van der Waals surface area contributed by atoms with E-state index in [9.17, 15) is 9.59 Å². The first-order valence-corrected chi connectivity index (χ1v) is 5.16. The minimum Gasteiger partial charge on any atom is -0.481 e. The smallest absolute Gasteiger partial charge is 0.306 e. The standard InChI is InChI=1S/C10H19NO4/c1-8(10(13)14)4-2-3-5-9(12)15-7-6-11/h8H,2-7,11H2,1H3,(H,13,14). The summed E-state index contributed by atoms with van der Waals surface area (Å²) in [5.41, 5.74) is 5.16. The van der Waals surface area contributed by atoms with Gasteiger partial charge in [0.05, 0.1) is 5.92 Å². The van der Waals surface area contributed by atoms with Crippen LogP contribution in [-0.4, -0.2) is 30.2 Å². The number of hydrogen-bond acceptors (Lipinski definition) is 4. The van der Waals surface area contributed by atoms with Gasteiger partial charge in [-0.25, -0.2) is 0 Å². The molecule has 1 unspecified atom stereocenters. The van der Waals surface area contributed by atoms with E-state index < -0.39 is 5.97 Å². The van der Waals surface area contributed by atoms with Crippen LogP contribution >= 0.6 is 0 Å². The highest BCUT2D eigenvalue weighted by Gasteiger charge is 2.10. The van der Waals surface area contributed by atoms with Crippen LogP contribution in [0, 0.1) is 5.92 Å². The number of esters is 1. The lowest BCUT2D eigenvalue weighted by Crippen LogP contribution is -2.13. The quantitative estimate of drug-likeness (QED) is 0.463. The lowest BCUT2D eigenvalue weighted by atomic mass is 10.0. The van der Waals surface area contributed by atoms with E-state index in [1.54, 1.807) is 6.92 Å².